The zero-order valence-corrected chi connectivity index (χ0v) is 14.5. The van der Waals surface area contributed by atoms with E-state index in [4.69, 9.17) is 0 Å². The summed E-state index contributed by atoms with van der Waals surface area (Å²) in [5.74, 6) is -1.60. The van der Waals surface area contributed by atoms with Crippen molar-refractivity contribution in [1.29, 1.82) is 0 Å². The number of non-ortho nitro benzene ring substituents is 1. The highest BCUT2D eigenvalue weighted by atomic mass is 32.2. The summed E-state index contributed by atoms with van der Waals surface area (Å²) in [5.41, 5.74) is -0.708. The number of halogens is 1. The Morgan fingerprint density at radius 3 is 2.38 bits per heavy atom. The van der Waals surface area contributed by atoms with E-state index in [0.29, 0.717) is 4.47 Å². The summed E-state index contributed by atoms with van der Waals surface area (Å²) in [6.45, 7) is 0. The number of sulfonamides is 1. The smallest absolute Gasteiger partial charge is 0.271 e. The van der Waals surface area contributed by atoms with Crippen molar-refractivity contribution in [3.63, 3.8) is 0 Å². The lowest BCUT2D eigenvalue weighted by Gasteiger charge is -2.14. The van der Waals surface area contributed by atoms with Gasteiger partial charge in [0.1, 0.15) is 5.82 Å². The van der Waals surface area contributed by atoms with Crippen molar-refractivity contribution >= 4 is 27.3 Å². The minimum atomic E-state index is -3.87. The molecule has 1 N–H and O–H groups in total. The molecule has 0 atom stereocenters. The monoisotopic (exact) mass is 383 g/mol. The van der Waals surface area contributed by atoms with Crippen molar-refractivity contribution in [3.8, 4) is 0 Å². The fraction of sp³-hybridized carbons (Fsp3) is 0.133. The van der Waals surface area contributed by atoms with E-state index in [1.54, 1.807) is 0 Å². The van der Waals surface area contributed by atoms with Gasteiger partial charge in [0.05, 0.1) is 22.6 Å². The molecule has 9 nitrogen and oxygen atoms in total. The highest BCUT2D eigenvalue weighted by molar-refractivity contribution is 7.89. The van der Waals surface area contributed by atoms with Crippen LogP contribution in [0.3, 0.4) is 0 Å². The molecule has 138 valence electrons. The van der Waals surface area contributed by atoms with Gasteiger partial charge in [0.15, 0.2) is 0 Å². The van der Waals surface area contributed by atoms with Crippen LogP contribution in [0, 0.1) is 15.9 Å². The van der Waals surface area contributed by atoms with Gasteiger partial charge >= 0.3 is 0 Å². The van der Waals surface area contributed by atoms with Gasteiger partial charge in [-0.1, -0.05) is 4.47 Å². The van der Waals surface area contributed by atoms with Crippen LogP contribution in [-0.4, -0.2) is 37.9 Å². The van der Waals surface area contributed by atoms with E-state index in [1.165, 1.54) is 38.4 Å². The fourth-order valence-electron chi connectivity index (χ4n) is 1.94. The molecular weight excluding hydrogens is 369 g/mol. The zero-order valence-electron chi connectivity index (χ0n) is 13.7. The highest BCUT2D eigenvalue weighted by Gasteiger charge is 2.21. The molecule has 0 saturated carbocycles. The largest absolute Gasteiger partial charge is 0.319 e. The Kier molecular flexibility index (Phi) is 5.65. The van der Waals surface area contributed by atoms with E-state index in [0.717, 1.165) is 18.2 Å². The molecule has 0 fully saturated rings. The SMILES string of the molecule is CON(C)S(=O)(=O)c1ccc(C(=O)Nc2cc([N+](=O)[O-])ccc2F)cc1. The number of anilines is 1. The van der Waals surface area contributed by atoms with Gasteiger partial charge in [0, 0.05) is 24.7 Å². The Balaban J connectivity index is 2.24. The summed E-state index contributed by atoms with van der Waals surface area (Å²) in [7, 11) is -1.47. The molecule has 2 aromatic carbocycles. The average molecular weight is 383 g/mol. The van der Waals surface area contributed by atoms with Gasteiger partial charge in [-0.05, 0) is 30.3 Å². The number of carbonyl (C=O) groups excluding carboxylic acids is 1. The molecule has 2 rings (SSSR count). The molecular formula is C15H14FN3O6S. The van der Waals surface area contributed by atoms with E-state index >= 15 is 0 Å². The first-order valence-electron chi connectivity index (χ1n) is 7.05. The Morgan fingerprint density at radius 2 is 1.85 bits per heavy atom. The Bertz CT molecular complexity index is 946. The van der Waals surface area contributed by atoms with Crippen molar-refractivity contribution in [2.75, 3.05) is 19.5 Å². The van der Waals surface area contributed by atoms with Crippen LogP contribution in [0.5, 0.6) is 0 Å². The molecule has 0 spiro atoms. The number of rotatable bonds is 6. The van der Waals surface area contributed by atoms with Crippen molar-refractivity contribution in [2.45, 2.75) is 4.90 Å². The predicted molar refractivity (Wildman–Crippen MR) is 89.4 cm³/mol. The van der Waals surface area contributed by atoms with Crippen molar-refractivity contribution < 1.29 is 27.4 Å². The summed E-state index contributed by atoms with van der Waals surface area (Å²) in [6, 6.07) is 7.54. The van der Waals surface area contributed by atoms with E-state index < -0.39 is 26.7 Å². The van der Waals surface area contributed by atoms with Crippen molar-refractivity contribution in [3.05, 3.63) is 64.0 Å². The topological polar surface area (TPSA) is 119 Å². The summed E-state index contributed by atoms with van der Waals surface area (Å²) in [5, 5.41) is 12.9. The third-order valence-electron chi connectivity index (χ3n) is 3.42. The van der Waals surface area contributed by atoms with Crippen LogP contribution in [-0.2, 0) is 14.9 Å². The first kappa shape index (κ1) is 19.4. The maximum absolute atomic E-state index is 13.7. The summed E-state index contributed by atoms with van der Waals surface area (Å²) >= 11 is 0. The summed E-state index contributed by atoms with van der Waals surface area (Å²) < 4.78 is 38.5. The van der Waals surface area contributed by atoms with Crippen LogP contribution in [0.1, 0.15) is 10.4 Å². The third-order valence-corrected chi connectivity index (χ3v) is 5.11. The van der Waals surface area contributed by atoms with Crippen LogP contribution >= 0.6 is 0 Å². The lowest BCUT2D eigenvalue weighted by atomic mass is 10.2. The van der Waals surface area contributed by atoms with E-state index in [9.17, 15) is 27.7 Å². The maximum atomic E-state index is 13.7. The van der Waals surface area contributed by atoms with E-state index in [-0.39, 0.29) is 21.8 Å². The molecule has 0 saturated heterocycles. The van der Waals surface area contributed by atoms with Gasteiger partial charge in [0.25, 0.3) is 21.6 Å². The van der Waals surface area contributed by atoms with Crippen molar-refractivity contribution in [2.24, 2.45) is 0 Å². The number of carbonyl (C=O) groups is 1. The van der Waals surface area contributed by atoms with Gasteiger partial charge < -0.3 is 5.32 Å². The highest BCUT2D eigenvalue weighted by Crippen LogP contribution is 2.22. The molecule has 0 heterocycles. The van der Waals surface area contributed by atoms with Crippen molar-refractivity contribution in [1.82, 2.24) is 4.47 Å². The molecule has 0 bridgehead atoms. The average Bonchev–Trinajstić information content (AvgIpc) is 2.62. The first-order valence-corrected chi connectivity index (χ1v) is 8.49. The van der Waals surface area contributed by atoms with Gasteiger partial charge in [-0.3, -0.25) is 19.7 Å². The third kappa shape index (κ3) is 4.02. The normalized spacial score (nSPS) is 11.4. The second-order valence-electron chi connectivity index (χ2n) is 5.00. The van der Waals surface area contributed by atoms with Crippen LogP contribution in [0.4, 0.5) is 15.8 Å². The minimum absolute atomic E-state index is 0.0370. The predicted octanol–water partition coefficient (Wildman–Crippen LogP) is 2.17. The number of hydrogen-bond donors (Lipinski definition) is 1. The standard InChI is InChI=1S/C15H14FN3O6S/c1-18(25-2)26(23,24)12-6-3-10(4-7-12)15(20)17-14-9-11(19(21)22)5-8-13(14)16/h3-9H,1-2H3,(H,17,20). The quantitative estimate of drug-likeness (QED) is 0.603. The van der Waals surface area contributed by atoms with Crippen LogP contribution < -0.4 is 5.32 Å². The number of hydrogen-bond acceptors (Lipinski definition) is 6. The Morgan fingerprint density at radius 1 is 1.23 bits per heavy atom. The number of amides is 1. The lowest BCUT2D eigenvalue weighted by Crippen LogP contribution is -2.25. The number of nitrogens with one attached hydrogen (secondary N) is 1. The van der Waals surface area contributed by atoms with Gasteiger partial charge in [-0.15, -0.1) is 0 Å². The zero-order chi connectivity index (χ0) is 19.5. The van der Waals surface area contributed by atoms with Gasteiger partial charge in [-0.2, -0.15) is 0 Å². The molecule has 2 aromatic rings. The number of benzene rings is 2. The molecule has 11 heteroatoms. The molecule has 0 aliphatic heterocycles. The molecule has 0 radical (unpaired) electrons. The summed E-state index contributed by atoms with van der Waals surface area (Å²) in [4.78, 5) is 26.7. The maximum Gasteiger partial charge on any atom is 0.271 e. The number of nitrogens with zero attached hydrogens (tertiary/aromatic N) is 2. The number of hydroxylamine groups is 1. The van der Waals surface area contributed by atoms with E-state index in [2.05, 4.69) is 10.2 Å². The fourth-order valence-corrected chi connectivity index (χ4v) is 2.92. The molecule has 0 aromatic heterocycles. The van der Waals surface area contributed by atoms with Crippen LogP contribution in [0.15, 0.2) is 47.4 Å². The van der Waals surface area contributed by atoms with Gasteiger partial charge in [0.2, 0.25) is 0 Å². The number of nitro benzene ring substituents is 1. The molecule has 26 heavy (non-hydrogen) atoms. The lowest BCUT2D eigenvalue weighted by molar-refractivity contribution is -0.384. The molecule has 1 amide bonds. The van der Waals surface area contributed by atoms with Crippen LogP contribution in [0.25, 0.3) is 0 Å². The molecule has 0 aliphatic rings. The van der Waals surface area contributed by atoms with Gasteiger partial charge in [-0.25, -0.2) is 12.8 Å². The number of nitro groups is 1. The van der Waals surface area contributed by atoms with Crippen LogP contribution in [0.2, 0.25) is 0 Å². The Hall–Kier alpha value is -2.89. The molecule has 0 unspecified atom stereocenters. The minimum Gasteiger partial charge on any atom is -0.319 e. The second-order valence-corrected chi connectivity index (χ2v) is 6.93. The molecule has 0 aliphatic carbocycles. The summed E-state index contributed by atoms with van der Waals surface area (Å²) in [6.07, 6.45) is 0. The first-order chi connectivity index (χ1) is 12.2. The van der Waals surface area contributed by atoms with E-state index in [1.807, 2.05) is 0 Å². The Labute approximate surface area is 148 Å². The second kappa shape index (κ2) is 7.56.